The number of amides is 1. The van der Waals surface area contributed by atoms with Gasteiger partial charge in [-0.3, -0.25) is 14.6 Å². The van der Waals surface area contributed by atoms with Gasteiger partial charge in [-0.15, -0.1) is 0 Å². The largest absolute Gasteiger partial charge is 0.289 e. The van der Waals surface area contributed by atoms with Crippen molar-refractivity contribution >= 4 is 40.7 Å². The summed E-state index contributed by atoms with van der Waals surface area (Å²) in [5.74, 6) is -2.05. The molecule has 0 bridgehead atoms. The second-order valence-electron chi connectivity index (χ2n) is 6.49. The Morgan fingerprint density at radius 3 is 2.69 bits per heavy atom. The highest BCUT2D eigenvalue weighted by Crippen LogP contribution is 2.37. The van der Waals surface area contributed by atoms with Gasteiger partial charge in [-0.05, 0) is 47.1 Å². The topological polar surface area (TPSA) is 59.4 Å². The Hall–Kier alpha value is -3.44. The number of rotatable bonds is 4. The Morgan fingerprint density at radius 1 is 1.14 bits per heavy atom. The lowest BCUT2D eigenvalue weighted by atomic mass is 9.80. The fourth-order valence-corrected chi connectivity index (χ4v) is 3.49. The summed E-state index contributed by atoms with van der Waals surface area (Å²) >= 11 is 6.18. The van der Waals surface area contributed by atoms with Crippen molar-refractivity contribution in [3.63, 3.8) is 0 Å². The van der Waals surface area contributed by atoms with Crippen LogP contribution in [-0.4, -0.2) is 22.4 Å². The van der Waals surface area contributed by atoms with E-state index < -0.39 is 23.4 Å². The highest BCUT2D eigenvalue weighted by molar-refractivity contribution is 6.37. The number of dihydropyridines is 1. The number of carbonyl (C=O) groups excluding carboxylic acids is 2. The average Bonchev–Trinajstić information content (AvgIpc) is 2.72. The van der Waals surface area contributed by atoms with Crippen molar-refractivity contribution in [2.45, 2.75) is 0 Å². The van der Waals surface area contributed by atoms with Crippen LogP contribution < -0.4 is 0 Å². The first-order valence-electron chi connectivity index (χ1n) is 8.84. The lowest BCUT2D eigenvalue weighted by Crippen LogP contribution is -2.27. The van der Waals surface area contributed by atoms with Crippen LogP contribution in [0.15, 0.2) is 88.7 Å². The molecule has 2 aliphatic rings. The zero-order valence-corrected chi connectivity index (χ0v) is 15.8. The number of halogens is 2. The standard InChI is InChI=1S/C23H14ClFN2O2/c24-16-7-8-19-18(11-16)21(15-4-2-1-3-5-15)22(23(29)27-19)20(28)9-6-14-10-17(25)13-26-12-14/h1-13,18H/b9-6+. The molecule has 1 aromatic heterocycles. The van der Waals surface area contributed by atoms with Crippen molar-refractivity contribution in [1.82, 2.24) is 4.98 Å². The number of fused-ring (bicyclic) bond motifs is 1. The van der Waals surface area contributed by atoms with Gasteiger partial charge in [0, 0.05) is 17.1 Å². The zero-order chi connectivity index (χ0) is 20.4. The van der Waals surface area contributed by atoms with Crippen molar-refractivity contribution < 1.29 is 14.0 Å². The maximum Gasteiger partial charge on any atom is 0.281 e. The zero-order valence-electron chi connectivity index (χ0n) is 15.0. The van der Waals surface area contributed by atoms with E-state index in [0.29, 0.717) is 21.9 Å². The lowest BCUT2D eigenvalue weighted by Gasteiger charge is -2.26. The summed E-state index contributed by atoms with van der Waals surface area (Å²) in [6.07, 6.45) is 10.3. The number of hydrogen-bond donors (Lipinski definition) is 0. The van der Waals surface area contributed by atoms with Gasteiger partial charge in [-0.2, -0.15) is 0 Å². The minimum absolute atomic E-state index is 0.0263. The van der Waals surface area contributed by atoms with Crippen LogP contribution in [0.1, 0.15) is 11.1 Å². The van der Waals surface area contributed by atoms with Crippen LogP contribution in [0, 0.1) is 11.7 Å². The summed E-state index contributed by atoms with van der Waals surface area (Å²) < 4.78 is 13.3. The van der Waals surface area contributed by atoms with Crippen LogP contribution in [0.5, 0.6) is 0 Å². The first-order chi connectivity index (χ1) is 14.0. The van der Waals surface area contributed by atoms with Gasteiger partial charge in [0.1, 0.15) is 5.82 Å². The Bertz CT molecular complexity index is 1160. The number of benzene rings is 1. The molecule has 6 heteroatoms. The van der Waals surface area contributed by atoms with E-state index in [9.17, 15) is 14.0 Å². The van der Waals surface area contributed by atoms with Crippen LogP contribution in [0.3, 0.4) is 0 Å². The van der Waals surface area contributed by atoms with E-state index in [-0.39, 0.29) is 5.57 Å². The average molecular weight is 405 g/mol. The SMILES string of the molecule is O=C(/C=C/c1cncc(F)c1)C1=C(c2ccccc2)C2C=C(Cl)C=CC2=NC1=O. The first-order valence-corrected chi connectivity index (χ1v) is 9.21. The Labute approximate surface area is 171 Å². The molecular weight excluding hydrogens is 391 g/mol. The molecule has 1 amide bonds. The molecule has 1 aliphatic carbocycles. The van der Waals surface area contributed by atoms with Gasteiger partial charge in [0.2, 0.25) is 0 Å². The fourth-order valence-electron chi connectivity index (χ4n) is 3.31. The van der Waals surface area contributed by atoms with E-state index in [1.165, 1.54) is 24.4 Å². The molecule has 0 spiro atoms. The van der Waals surface area contributed by atoms with Crippen molar-refractivity contribution in [2.24, 2.45) is 10.9 Å². The molecule has 0 saturated heterocycles. The smallest absolute Gasteiger partial charge is 0.281 e. The van der Waals surface area contributed by atoms with Gasteiger partial charge in [0.25, 0.3) is 5.91 Å². The third-order valence-corrected chi connectivity index (χ3v) is 4.82. The number of pyridine rings is 1. The van der Waals surface area contributed by atoms with Crippen molar-refractivity contribution in [3.8, 4) is 0 Å². The van der Waals surface area contributed by atoms with Crippen LogP contribution in [0.2, 0.25) is 0 Å². The number of ketones is 1. The Balaban J connectivity index is 1.81. The van der Waals surface area contributed by atoms with Crippen LogP contribution >= 0.6 is 11.6 Å². The highest BCUT2D eigenvalue weighted by Gasteiger charge is 2.34. The molecule has 1 aromatic carbocycles. The molecule has 29 heavy (non-hydrogen) atoms. The summed E-state index contributed by atoms with van der Waals surface area (Å²) in [6, 6.07) is 10.4. The van der Waals surface area contributed by atoms with Crippen molar-refractivity contribution in [2.75, 3.05) is 0 Å². The summed E-state index contributed by atoms with van der Waals surface area (Å²) in [5, 5.41) is 0.505. The van der Waals surface area contributed by atoms with Crippen molar-refractivity contribution in [3.05, 3.63) is 101 Å². The maximum atomic E-state index is 13.3. The molecule has 2 aromatic rings. The number of aliphatic imine (C=N–C) groups is 1. The van der Waals surface area contributed by atoms with Crippen molar-refractivity contribution in [1.29, 1.82) is 0 Å². The van der Waals surface area contributed by atoms with E-state index in [1.807, 2.05) is 30.3 Å². The molecular formula is C23H14ClFN2O2. The molecule has 1 atom stereocenters. The van der Waals surface area contributed by atoms with Gasteiger partial charge >= 0.3 is 0 Å². The molecule has 0 fully saturated rings. The van der Waals surface area contributed by atoms with Crippen LogP contribution in [0.25, 0.3) is 11.6 Å². The van der Waals surface area contributed by atoms with Crippen LogP contribution in [-0.2, 0) is 9.59 Å². The van der Waals surface area contributed by atoms with E-state index in [1.54, 1.807) is 18.2 Å². The van der Waals surface area contributed by atoms with Gasteiger partial charge < -0.3 is 0 Å². The van der Waals surface area contributed by atoms with Gasteiger partial charge in [0.05, 0.1) is 17.5 Å². The second-order valence-corrected chi connectivity index (χ2v) is 6.93. The monoisotopic (exact) mass is 404 g/mol. The third kappa shape index (κ3) is 3.91. The fraction of sp³-hybridized carbons (Fsp3) is 0.0435. The summed E-state index contributed by atoms with van der Waals surface area (Å²) in [7, 11) is 0. The van der Waals surface area contributed by atoms with E-state index >= 15 is 0 Å². The lowest BCUT2D eigenvalue weighted by molar-refractivity contribution is -0.118. The molecule has 142 valence electrons. The molecule has 0 radical (unpaired) electrons. The predicted octanol–water partition coefficient (Wildman–Crippen LogP) is 4.55. The molecule has 4 nitrogen and oxygen atoms in total. The van der Waals surface area contributed by atoms with E-state index in [4.69, 9.17) is 11.6 Å². The number of nitrogens with zero attached hydrogens (tertiary/aromatic N) is 2. The normalized spacial score (nSPS) is 18.6. The summed E-state index contributed by atoms with van der Waals surface area (Å²) in [6.45, 7) is 0. The molecule has 1 aliphatic heterocycles. The molecule has 1 unspecified atom stereocenters. The molecule has 4 rings (SSSR count). The molecule has 2 heterocycles. The second kappa shape index (κ2) is 7.89. The Kier molecular flexibility index (Phi) is 5.14. The van der Waals surface area contributed by atoms with Gasteiger partial charge in [-0.1, -0.05) is 48.0 Å². The van der Waals surface area contributed by atoms with Gasteiger partial charge in [-0.25, -0.2) is 9.38 Å². The summed E-state index contributed by atoms with van der Waals surface area (Å²) in [4.78, 5) is 33.6. The van der Waals surface area contributed by atoms with E-state index in [2.05, 4.69) is 9.98 Å². The summed E-state index contributed by atoms with van der Waals surface area (Å²) in [5.41, 5.74) is 2.21. The molecule has 0 N–H and O–H groups in total. The minimum atomic E-state index is -0.613. The van der Waals surface area contributed by atoms with Gasteiger partial charge in [0.15, 0.2) is 5.78 Å². The first kappa shape index (κ1) is 18.9. The number of carbonyl (C=O) groups is 2. The quantitative estimate of drug-likeness (QED) is 0.555. The highest BCUT2D eigenvalue weighted by atomic mass is 35.5. The molecule has 0 saturated carbocycles. The number of aromatic nitrogens is 1. The van der Waals surface area contributed by atoms with Crippen LogP contribution in [0.4, 0.5) is 4.39 Å². The predicted molar refractivity (Wildman–Crippen MR) is 111 cm³/mol. The van der Waals surface area contributed by atoms with E-state index in [0.717, 1.165) is 11.8 Å². The maximum absolute atomic E-state index is 13.3. The minimum Gasteiger partial charge on any atom is -0.289 e. The number of allylic oxidation sites excluding steroid dienone is 6. The number of hydrogen-bond acceptors (Lipinski definition) is 3. The third-order valence-electron chi connectivity index (χ3n) is 4.57. The Morgan fingerprint density at radius 2 is 1.93 bits per heavy atom.